The van der Waals surface area contributed by atoms with Gasteiger partial charge in [0.2, 0.25) is 5.91 Å². The van der Waals surface area contributed by atoms with Crippen LogP contribution in [0.15, 0.2) is 72.4 Å². The van der Waals surface area contributed by atoms with E-state index in [2.05, 4.69) is 5.32 Å². The van der Waals surface area contributed by atoms with Crippen molar-refractivity contribution in [2.75, 3.05) is 26.7 Å². The Hall–Kier alpha value is -4.14. The number of halogens is 1. The van der Waals surface area contributed by atoms with E-state index in [0.29, 0.717) is 59.0 Å². The zero-order valence-electron chi connectivity index (χ0n) is 23.0. The van der Waals surface area contributed by atoms with Crippen LogP contribution < -0.4 is 11.1 Å². The first-order chi connectivity index (χ1) is 19.7. The topological polar surface area (TPSA) is 111 Å². The standard InChI is InChI=1S/C32H32ClN3O5/c1-20-14-25(22-10-6-11-23(15-22)30(38)40-2)26(33)16-24(20)28-29(34)32(41-31(28)39)12-7-13-36(19-32)18-27(37)35-17-21-8-4-3-5-9-21/h3-6,8-11,14-16H,7,12-13,17-19,34H2,1-2H3,(H,35,37). The van der Waals surface area contributed by atoms with Crippen molar-refractivity contribution >= 4 is 35.0 Å². The molecular formula is C32H32ClN3O5. The number of piperidine rings is 1. The number of hydrogen-bond donors (Lipinski definition) is 2. The second kappa shape index (κ2) is 11.8. The number of benzene rings is 3. The number of nitrogens with zero attached hydrogens (tertiary/aromatic N) is 1. The monoisotopic (exact) mass is 573 g/mol. The van der Waals surface area contributed by atoms with Crippen molar-refractivity contribution < 1.29 is 23.9 Å². The minimum Gasteiger partial charge on any atom is -0.465 e. The van der Waals surface area contributed by atoms with Gasteiger partial charge in [-0.3, -0.25) is 9.69 Å². The van der Waals surface area contributed by atoms with Crippen molar-refractivity contribution in [2.24, 2.45) is 5.73 Å². The Kier molecular flexibility index (Phi) is 8.15. The highest BCUT2D eigenvalue weighted by Gasteiger charge is 2.49. The Morgan fingerprint density at radius 1 is 1.10 bits per heavy atom. The van der Waals surface area contributed by atoms with Crippen LogP contribution in [0.5, 0.6) is 0 Å². The van der Waals surface area contributed by atoms with Crippen molar-refractivity contribution in [3.05, 3.63) is 99.7 Å². The van der Waals surface area contributed by atoms with Crippen LogP contribution in [0.1, 0.15) is 39.9 Å². The Balaban J connectivity index is 1.36. The molecule has 3 aromatic rings. The quantitative estimate of drug-likeness (QED) is 0.401. The summed E-state index contributed by atoms with van der Waals surface area (Å²) in [6.07, 6.45) is 1.30. The van der Waals surface area contributed by atoms with Gasteiger partial charge in [0.25, 0.3) is 0 Å². The fourth-order valence-electron chi connectivity index (χ4n) is 5.58. The molecule has 8 nitrogen and oxygen atoms in total. The number of nitrogens with two attached hydrogens (primary N) is 1. The van der Waals surface area contributed by atoms with Gasteiger partial charge in [-0.1, -0.05) is 54.1 Å². The predicted octanol–water partition coefficient (Wildman–Crippen LogP) is 4.48. The minimum atomic E-state index is -1.00. The van der Waals surface area contributed by atoms with Gasteiger partial charge >= 0.3 is 11.9 Å². The molecule has 1 spiro atoms. The second-order valence-electron chi connectivity index (χ2n) is 10.5. The summed E-state index contributed by atoms with van der Waals surface area (Å²) in [6, 6.07) is 20.3. The lowest BCUT2D eigenvalue weighted by Crippen LogP contribution is -2.53. The lowest BCUT2D eigenvalue weighted by atomic mass is 9.86. The van der Waals surface area contributed by atoms with Crippen LogP contribution in [0.4, 0.5) is 0 Å². The molecular weight excluding hydrogens is 542 g/mol. The summed E-state index contributed by atoms with van der Waals surface area (Å²) in [5, 5.41) is 3.36. The summed E-state index contributed by atoms with van der Waals surface area (Å²) in [6.45, 7) is 3.53. The average Bonchev–Trinajstić information content (AvgIpc) is 3.20. The normalized spacial score (nSPS) is 18.9. The fourth-order valence-corrected chi connectivity index (χ4v) is 5.85. The van der Waals surface area contributed by atoms with Crippen LogP contribution in [0.25, 0.3) is 16.7 Å². The molecule has 212 valence electrons. The number of nitrogens with one attached hydrogen (secondary N) is 1. The van der Waals surface area contributed by atoms with Crippen molar-refractivity contribution in [3.63, 3.8) is 0 Å². The van der Waals surface area contributed by atoms with Gasteiger partial charge in [0.05, 0.1) is 30.5 Å². The highest BCUT2D eigenvalue weighted by molar-refractivity contribution is 6.34. The molecule has 3 aromatic carbocycles. The molecule has 0 saturated carbocycles. The second-order valence-corrected chi connectivity index (χ2v) is 10.9. The SMILES string of the molecule is COC(=O)c1cccc(-c2cc(C)c(C3=C(N)C4(CCCN(CC(=O)NCc5ccccc5)C4)OC3=O)cc2Cl)c1. The van der Waals surface area contributed by atoms with Crippen LogP contribution in [0.2, 0.25) is 5.02 Å². The number of rotatable bonds is 7. The Bertz CT molecular complexity index is 1540. The molecule has 5 rings (SSSR count). The largest absolute Gasteiger partial charge is 0.465 e. The van der Waals surface area contributed by atoms with Gasteiger partial charge in [0, 0.05) is 23.7 Å². The molecule has 0 aliphatic carbocycles. The molecule has 41 heavy (non-hydrogen) atoms. The first-order valence-corrected chi connectivity index (χ1v) is 13.8. The van der Waals surface area contributed by atoms with Crippen LogP contribution in [-0.4, -0.2) is 55.1 Å². The minimum absolute atomic E-state index is 0.104. The van der Waals surface area contributed by atoms with Crippen molar-refractivity contribution in [2.45, 2.75) is 31.9 Å². The molecule has 1 unspecified atom stereocenters. The summed E-state index contributed by atoms with van der Waals surface area (Å²) in [5.74, 6) is -1.05. The molecule has 2 aliphatic heterocycles. The molecule has 2 heterocycles. The summed E-state index contributed by atoms with van der Waals surface area (Å²) in [4.78, 5) is 39.9. The van der Waals surface area contributed by atoms with Gasteiger partial charge in [0.1, 0.15) is 0 Å². The summed E-state index contributed by atoms with van der Waals surface area (Å²) in [7, 11) is 1.33. The van der Waals surface area contributed by atoms with Crippen molar-refractivity contribution in [3.8, 4) is 11.1 Å². The van der Waals surface area contributed by atoms with Gasteiger partial charge in [-0.05, 0) is 72.8 Å². The van der Waals surface area contributed by atoms with E-state index >= 15 is 0 Å². The number of ether oxygens (including phenoxy) is 2. The van der Waals surface area contributed by atoms with Gasteiger partial charge in [-0.25, -0.2) is 9.59 Å². The summed E-state index contributed by atoms with van der Waals surface area (Å²) < 4.78 is 10.8. The van der Waals surface area contributed by atoms with Crippen LogP contribution in [0.3, 0.4) is 0 Å². The van der Waals surface area contributed by atoms with Gasteiger partial charge < -0.3 is 20.5 Å². The fraction of sp³-hybridized carbons (Fsp3) is 0.281. The Morgan fingerprint density at radius 2 is 1.88 bits per heavy atom. The molecule has 9 heteroatoms. The van der Waals surface area contributed by atoms with E-state index in [1.54, 1.807) is 24.3 Å². The Morgan fingerprint density at radius 3 is 2.63 bits per heavy atom. The first kappa shape index (κ1) is 28.4. The predicted molar refractivity (Wildman–Crippen MR) is 157 cm³/mol. The lowest BCUT2D eigenvalue weighted by molar-refractivity contribution is -0.149. The maximum atomic E-state index is 13.3. The molecule has 0 bridgehead atoms. The van der Waals surface area contributed by atoms with Crippen LogP contribution in [-0.2, 0) is 25.6 Å². The van der Waals surface area contributed by atoms with E-state index in [1.165, 1.54) is 7.11 Å². The number of likely N-dealkylation sites (tertiary alicyclic amines) is 1. The first-order valence-electron chi connectivity index (χ1n) is 13.5. The highest BCUT2D eigenvalue weighted by Crippen LogP contribution is 2.43. The van der Waals surface area contributed by atoms with E-state index in [1.807, 2.05) is 54.3 Å². The van der Waals surface area contributed by atoms with Gasteiger partial charge in [-0.2, -0.15) is 0 Å². The summed E-state index contributed by atoms with van der Waals surface area (Å²) >= 11 is 6.72. The number of carbonyl (C=O) groups is 3. The number of amides is 1. The molecule has 1 fully saturated rings. The van der Waals surface area contributed by atoms with Gasteiger partial charge in [0.15, 0.2) is 5.60 Å². The zero-order valence-corrected chi connectivity index (χ0v) is 23.8. The average molecular weight is 574 g/mol. The molecule has 0 aromatic heterocycles. The third kappa shape index (κ3) is 5.85. The number of aryl methyl sites for hydroxylation is 1. The van der Waals surface area contributed by atoms with E-state index in [0.717, 1.165) is 23.1 Å². The maximum absolute atomic E-state index is 13.3. The molecule has 1 atom stereocenters. The molecule has 3 N–H and O–H groups in total. The van der Waals surface area contributed by atoms with E-state index < -0.39 is 17.5 Å². The molecule has 1 amide bonds. The van der Waals surface area contributed by atoms with E-state index in [-0.39, 0.29) is 12.5 Å². The van der Waals surface area contributed by atoms with E-state index in [9.17, 15) is 14.4 Å². The summed E-state index contributed by atoms with van der Waals surface area (Å²) in [5.41, 5.74) is 10.6. The van der Waals surface area contributed by atoms with Crippen LogP contribution >= 0.6 is 11.6 Å². The number of esters is 2. The van der Waals surface area contributed by atoms with E-state index in [4.69, 9.17) is 26.8 Å². The molecule has 1 saturated heterocycles. The smallest absolute Gasteiger partial charge is 0.341 e. The third-order valence-electron chi connectivity index (χ3n) is 7.66. The number of hydrogen-bond acceptors (Lipinski definition) is 7. The Labute approximate surface area is 244 Å². The number of carbonyl (C=O) groups excluding carboxylic acids is 3. The van der Waals surface area contributed by atoms with Crippen LogP contribution in [0, 0.1) is 6.92 Å². The third-order valence-corrected chi connectivity index (χ3v) is 7.98. The van der Waals surface area contributed by atoms with Crippen molar-refractivity contribution in [1.29, 1.82) is 0 Å². The number of methoxy groups -OCH3 is 1. The maximum Gasteiger partial charge on any atom is 0.341 e. The molecule has 0 radical (unpaired) electrons. The zero-order chi connectivity index (χ0) is 29.1. The van der Waals surface area contributed by atoms with Gasteiger partial charge in [-0.15, -0.1) is 0 Å². The highest BCUT2D eigenvalue weighted by atomic mass is 35.5. The molecule has 2 aliphatic rings. The van der Waals surface area contributed by atoms with Crippen molar-refractivity contribution in [1.82, 2.24) is 10.2 Å². The lowest BCUT2D eigenvalue weighted by Gasteiger charge is -2.39.